The SMILES string of the molecule is COc1ccc(/C=C/c2nn3c(-c4cccc(Br)c4)nnc3s2)cc1. The number of nitrogens with zero attached hydrogens (tertiary/aromatic N) is 4. The van der Waals surface area contributed by atoms with Gasteiger partial charge in [0.1, 0.15) is 10.8 Å². The van der Waals surface area contributed by atoms with Gasteiger partial charge in [-0.05, 0) is 35.9 Å². The van der Waals surface area contributed by atoms with Crippen LogP contribution in [0.3, 0.4) is 0 Å². The molecule has 0 fully saturated rings. The van der Waals surface area contributed by atoms with Crippen molar-refractivity contribution in [1.82, 2.24) is 19.8 Å². The standard InChI is InChI=1S/C18H13BrN4OS/c1-24-15-8-5-12(6-9-15)7-10-16-22-23-17(20-21-18(23)25-16)13-3-2-4-14(19)11-13/h2-11H,1H3/b10-7+. The number of hydrogen-bond acceptors (Lipinski definition) is 5. The number of methoxy groups -OCH3 is 1. The van der Waals surface area contributed by atoms with E-state index in [0.29, 0.717) is 0 Å². The van der Waals surface area contributed by atoms with Crippen LogP contribution < -0.4 is 4.74 Å². The monoisotopic (exact) mass is 412 g/mol. The fourth-order valence-electron chi connectivity index (χ4n) is 2.39. The Balaban J connectivity index is 1.64. The van der Waals surface area contributed by atoms with E-state index in [1.54, 1.807) is 11.6 Å². The minimum absolute atomic E-state index is 0.733. The van der Waals surface area contributed by atoms with Gasteiger partial charge in [-0.15, -0.1) is 10.2 Å². The van der Waals surface area contributed by atoms with Crippen LogP contribution in [0, 0.1) is 0 Å². The number of halogens is 1. The largest absolute Gasteiger partial charge is 0.497 e. The summed E-state index contributed by atoms with van der Waals surface area (Å²) in [4.78, 5) is 0.768. The molecule has 7 heteroatoms. The highest BCUT2D eigenvalue weighted by molar-refractivity contribution is 9.10. The van der Waals surface area contributed by atoms with Crippen LogP contribution in [0.4, 0.5) is 0 Å². The topological polar surface area (TPSA) is 52.3 Å². The first-order valence-electron chi connectivity index (χ1n) is 7.53. The first-order chi connectivity index (χ1) is 12.2. The predicted octanol–water partition coefficient (Wildman–Crippen LogP) is 4.79. The van der Waals surface area contributed by atoms with E-state index in [4.69, 9.17) is 4.74 Å². The summed E-state index contributed by atoms with van der Waals surface area (Å²) in [5, 5.41) is 14.0. The summed E-state index contributed by atoms with van der Waals surface area (Å²) >= 11 is 4.98. The molecule has 0 spiro atoms. The smallest absolute Gasteiger partial charge is 0.235 e. The molecule has 0 saturated carbocycles. The average molecular weight is 413 g/mol. The number of benzene rings is 2. The van der Waals surface area contributed by atoms with E-state index in [9.17, 15) is 0 Å². The minimum atomic E-state index is 0.733. The number of hydrogen-bond donors (Lipinski definition) is 0. The summed E-state index contributed by atoms with van der Waals surface area (Å²) in [6, 6.07) is 15.8. The molecular weight excluding hydrogens is 400 g/mol. The van der Waals surface area contributed by atoms with Gasteiger partial charge in [0.15, 0.2) is 5.82 Å². The van der Waals surface area contributed by atoms with Crippen molar-refractivity contribution < 1.29 is 4.74 Å². The third-order valence-corrected chi connectivity index (χ3v) is 4.98. The van der Waals surface area contributed by atoms with Crippen molar-refractivity contribution in [3.8, 4) is 17.1 Å². The molecule has 0 N–H and O–H groups in total. The van der Waals surface area contributed by atoms with Gasteiger partial charge in [0.05, 0.1) is 7.11 Å². The lowest BCUT2D eigenvalue weighted by Crippen LogP contribution is -1.90. The molecule has 0 aliphatic carbocycles. The molecule has 0 unspecified atom stereocenters. The maximum atomic E-state index is 5.17. The fraction of sp³-hybridized carbons (Fsp3) is 0.0556. The molecule has 124 valence electrons. The van der Waals surface area contributed by atoms with Crippen molar-refractivity contribution in [3.05, 3.63) is 63.6 Å². The van der Waals surface area contributed by atoms with Gasteiger partial charge in [-0.1, -0.05) is 57.6 Å². The van der Waals surface area contributed by atoms with E-state index < -0.39 is 0 Å². The summed E-state index contributed by atoms with van der Waals surface area (Å²) in [6.45, 7) is 0. The van der Waals surface area contributed by atoms with E-state index in [1.807, 2.05) is 60.7 Å². The molecule has 0 radical (unpaired) electrons. The van der Waals surface area contributed by atoms with Crippen molar-refractivity contribution >= 4 is 44.4 Å². The van der Waals surface area contributed by atoms with E-state index in [1.165, 1.54) is 11.3 Å². The molecule has 2 aromatic carbocycles. The molecule has 0 aliphatic heterocycles. The lowest BCUT2D eigenvalue weighted by atomic mass is 10.2. The van der Waals surface area contributed by atoms with Crippen LogP contribution in [0.5, 0.6) is 5.75 Å². The number of rotatable bonds is 4. The molecule has 25 heavy (non-hydrogen) atoms. The number of fused-ring (bicyclic) bond motifs is 1. The van der Waals surface area contributed by atoms with E-state index in [-0.39, 0.29) is 0 Å². The van der Waals surface area contributed by atoms with E-state index >= 15 is 0 Å². The molecule has 2 aromatic heterocycles. The second kappa shape index (κ2) is 6.78. The Labute approximate surface area is 156 Å². The van der Waals surface area contributed by atoms with Crippen molar-refractivity contribution in [2.45, 2.75) is 0 Å². The molecule has 5 nitrogen and oxygen atoms in total. The Bertz CT molecular complexity index is 1050. The Hall–Kier alpha value is -2.51. The van der Waals surface area contributed by atoms with Crippen LogP contribution in [0.25, 0.3) is 28.5 Å². The van der Waals surface area contributed by atoms with Gasteiger partial charge in [0, 0.05) is 10.0 Å². The lowest BCUT2D eigenvalue weighted by Gasteiger charge is -1.98. The molecule has 4 rings (SSSR count). The van der Waals surface area contributed by atoms with Gasteiger partial charge in [-0.25, -0.2) is 0 Å². The number of ether oxygens (including phenoxy) is 1. The molecule has 0 amide bonds. The van der Waals surface area contributed by atoms with Crippen LogP contribution in [-0.2, 0) is 0 Å². The Morgan fingerprint density at radius 2 is 1.92 bits per heavy atom. The second-order valence-corrected chi connectivity index (χ2v) is 7.18. The molecule has 0 saturated heterocycles. The maximum Gasteiger partial charge on any atom is 0.235 e. The first-order valence-corrected chi connectivity index (χ1v) is 9.14. The molecule has 0 bridgehead atoms. The van der Waals surface area contributed by atoms with Gasteiger partial charge in [0.25, 0.3) is 0 Å². The Morgan fingerprint density at radius 3 is 2.68 bits per heavy atom. The maximum absolute atomic E-state index is 5.17. The van der Waals surface area contributed by atoms with Crippen LogP contribution >= 0.6 is 27.3 Å². The number of aromatic nitrogens is 4. The summed E-state index contributed by atoms with van der Waals surface area (Å²) < 4.78 is 7.94. The van der Waals surface area contributed by atoms with Crippen molar-refractivity contribution in [2.75, 3.05) is 7.11 Å². The van der Waals surface area contributed by atoms with Gasteiger partial charge < -0.3 is 4.74 Å². The molecule has 2 heterocycles. The highest BCUT2D eigenvalue weighted by Crippen LogP contribution is 2.25. The summed E-state index contributed by atoms with van der Waals surface area (Å²) in [5.41, 5.74) is 2.05. The fourth-order valence-corrected chi connectivity index (χ4v) is 3.53. The summed E-state index contributed by atoms with van der Waals surface area (Å²) in [5.74, 6) is 1.58. The minimum Gasteiger partial charge on any atom is -0.497 e. The summed E-state index contributed by atoms with van der Waals surface area (Å²) in [6.07, 6.45) is 4.00. The normalized spacial score (nSPS) is 11.4. The van der Waals surface area contributed by atoms with Gasteiger partial charge in [-0.2, -0.15) is 9.61 Å². The zero-order valence-corrected chi connectivity index (χ0v) is 15.7. The van der Waals surface area contributed by atoms with Crippen LogP contribution in [0.2, 0.25) is 0 Å². The third-order valence-electron chi connectivity index (χ3n) is 3.62. The second-order valence-electron chi connectivity index (χ2n) is 5.28. The van der Waals surface area contributed by atoms with Crippen molar-refractivity contribution in [3.63, 3.8) is 0 Å². The Morgan fingerprint density at radius 1 is 1.08 bits per heavy atom. The zero-order valence-electron chi connectivity index (χ0n) is 13.3. The first kappa shape index (κ1) is 16.0. The molecule has 0 atom stereocenters. The van der Waals surface area contributed by atoms with Gasteiger partial charge in [-0.3, -0.25) is 0 Å². The van der Waals surface area contributed by atoms with Crippen molar-refractivity contribution in [1.29, 1.82) is 0 Å². The third kappa shape index (κ3) is 3.33. The lowest BCUT2D eigenvalue weighted by molar-refractivity contribution is 0.415. The van der Waals surface area contributed by atoms with E-state index in [0.717, 1.165) is 37.1 Å². The van der Waals surface area contributed by atoms with Gasteiger partial charge >= 0.3 is 0 Å². The summed E-state index contributed by atoms with van der Waals surface area (Å²) in [7, 11) is 1.66. The highest BCUT2D eigenvalue weighted by Gasteiger charge is 2.12. The molecule has 4 aromatic rings. The van der Waals surface area contributed by atoms with Crippen LogP contribution in [0.15, 0.2) is 53.0 Å². The van der Waals surface area contributed by atoms with Gasteiger partial charge in [0.2, 0.25) is 4.96 Å². The predicted molar refractivity (Wildman–Crippen MR) is 104 cm³/mol. The Kier molecular flexibility index (Phi) is 4.33. The molecular formula is C18H13BrN4OS. The quantitative estimate of drug-likeness (QED) is 0.483. The van der Waals surface area contributed by atoms with Crippen molar-refractivity contribution in [2.24, 2.45) is 0 Å². The average Bonchev–Trinajstić information content (AvgIpc) is 3.20. The van der Waals surface area contributed by atoms with Crippen LogP contribution in [-0.4, -0.2) is 26.9 Å². The molecule has 0 aliphatic rings. The van der Waals surface area contributed by atoms with E-state index in [2.05, 4.69) is 31.2 Å². The highest BCUT2D eigenvalue weighted by atomic mass is 79.9. The zero-order chi connectivity index (χ0) is 17.2. The van der Waals surface area contributed by atoms with Crippen LogP contribution in [0.1, 0.15) is 10.6 Å².